The Kier molecular flexibility index (Phi) is 3.10. The Bertz CT molecular complexity index is 408. The van der Waals surface area contributed by atoms with Crippen molar-refractivity contribution < 1.29 is 8.60 Å². The number of hydrogen-bond donors (Lipinski definition) is 2. The lowest BCUT2D eigenvalue weighted by Crippen LogP contribution is -2.14. The largest absolute Gasteiger partial charge is 0.296 e. The third kappa shape index (κ3) is 2.45. The van der Waals surface area contributed by atoms with Crippen LogP contribution in [0.1, 0.15) is 12.5 Å². The molecule has 0 aromatic heterocycles. The first-order chi connectivity index (χ1) is 6.46. The summed E-state index contributed by atoms with van der Waals surface area (Å²) < 4.78 is 34.4. The Hall–Kier alpha value is -1.10. The number of halogens is 1. The summed E-state index contributed by atoms with van der Waals surface area (Å²) in [5.74, 6) is -0.320. The van der Waals surface area contributed by atoms with Crippen molar-refractivity contribution in [1.29, 1.82) is 4.78 Å². The van der Waals surface area contributed by atoms with E-state index in [0.717, 1.165) is 0 Å². The van der Waals surface area contributed by atoms with Crippen molar-refractivity contribution in [3.8, 4) is 0 Å². The molecule has 1 unspecified atom stereocenters. The van der Waals surface area contributed by atoms with Gasteiger partial charge in [-0.05, 0) is 18.6 Å². The highest BCUT2D eigenvalue weighted by molar-refractivity contribution is 7.93. The Labute approximate surface area is 83.4 Å². The van der Waals surface area contributed by atoms with Crippen molar-refractivity contribution in [2.24, 2.45) is 0 Å². The molecule has 0 spiro atoms. The second kappa shape index (κ2) is 3.96. The SMILES string of the molecule is CCS(=N)(=O)Nc1c(C)cccc1F. The van der Waals surface area contributed by atoms with Gasteiger partial charge in [0.2, 0.25) is 0 Å². The molecule has 0 saturated heterocycles. The predicted molar refractivity (Wildman–Crippen MR) is 56.2 cm³/mol. The maximum absolute atomic E-state index is 13.2. The van der Waals surface area contributed by atoms with Gasteiger partial charge in [0.15, 0.2) is 0 Å². The highest BCUT2D eigenvalue weighted by Gasteiger charge is 2.09. The van der Waals surface area contributed by atoms with E-state index in [-0.39, 0.29) is 11.4 Å². The average Bonchev–Trinajstić information content (AvgIpc) is 2.12. The van der Waals surface area contributed by atoms with Gasteiger partial charge < -0.3 is 0 Å². The van der Waals surface area contributed by atoms with Crippen LogP contribution in [0, 0.1) is 17.5 Å². The summed E-state index contributed by atoms with van der Waals surface area (Å²) in [7, 11) is -2.91. The quantitative estimate of drug-likeness (QED) is 0.801. The molecule has 3 nitrogen and oxygen atoms in total. The van der Waals surface area contributed by atoms with Gasteiger partial charge >= 0.3 is 0 Å². The van der Waals surface area contributed by atoms with E-state index >= 15 is 0 Å². The number of para-hydroxylation sites is 1. The van der Waals surface area contributed by atoms with E-state index in [1.54, 1.807) is 26.0 Å². The lowest BCUT2D eigenvalue weighted by molar-refractivity contribution is 0.630. The molecule has 1 atom stereocenters. The molecule has 0 radical (unpaired) electrons. The maximum Gasteiger partial charge on any atom is 0.147 e. The Morgan fingerprint density at radius 3 is 2.71 bits per heavy atom. The van der Waals surface area contributed by atoms with Gasteiger partial charge in [0.1, 0.15) is 15.7 Å². The van der Waals surface area contributed by atoms with Crippen LogP contribution >= 0.6 is 0 Å². The summed E-state index contributed by atoms with van der Waals surface area (Å²) in [4.78, 5) is 0. The van der Waals surface area contributed by atoms with Gasteiger partial charge in [0.25, 0.3) is 0 Å². The molecule has 0 aliphatic rings. The first kappa shape index (κ1) is 11.0. The number of anilines is 1. The molecule has 1 aromatic carbocycles. The third-order valence-electron chi connectivity index (χ3n) is 1.90. The zero-order valence-corrected chi connectivity index (χ0v) is 8.95. The van der Waals surface area contributed by atoms with Crippen molar-refractivity contribution in [1.82, 2.24) is 0 Å². The van der Waals surface area contributed by atoms with Crippen LogP contribution in [0.15, 0.2) is 18.2 Å². The fourth-order valence-corrected chi connectivity index (χ4v) is 1.73. The summed E-state index contributed by atoms with van der Waals surface area (Å²) in [6.07, 6.45) is 0. The molecule has 1 rings (SSSR count). The second-order valence-corrected chi connectivity index (χ2v) is 5.13. The third-order valence-corrected chi connectivity index (χ3v) is 3.24. The van der Waals surface area contributed by atoms with Gasteiger partial charge in [-0.3, -0.25) is 4.72 Å². The monoisotopic (exact) mass is 216 g/mol. The number of aryl methyl sites for hydroxylation is 1. The molecule has 0 heterocycles. The Balaban J connectivity index is 3.09. The zero-order chi connectivity index (χ0) is 10.8. The summed E-state index contributed by atoms with van der Waals surface area (Å²) in [6, 6.07) is 4.56. The maximum atomic E-state index is 13.2. The van der Waals surface area contributed by atoms with Crippen molar-refractivity contribution in [2.75, 3.05) is 10.5 Å². The van der Waals surface area contributed by atoms with Crippen molar-refractivity contribution in [2.45, 2.75) is 13.8 Å². The molecule has 0 aliphatic heterocycles. The van der Waals surface area contributed by atoms with E-state index in [1.165, 1.54) is 6.07 Å². The van der Waals surface area contributed by atoms with Crippen LogP contribution in [0.25, 0.3) is 0 Å². The number of rotatable bonds is 3. The number of benzene rings is 1. The molecule has 78 valence electrons. The summed E-state index contributed by atoms with van der Waals surface area (Å²) in [6.45, 7) is 3.33. The van der Waals surface area contributed by atoms with E-state index in [2.05, 4.69) is 4.72 Å². The van der Waals surface area contributed by atoms with Gasteiger partial charge in [-0.2, -0.15) is 0 Å². The first-order valence-electron chi connectivity index (χ1n) is 4.25. The summed E-state index contributed by atoms with van der Waals surface area (Å²) >= 11 is 0. The molecule has 0 aliphatic carbocycles. The average molecular weight is 216 g/mol. The molecule has 1 aromatic rings. The van der Waals surface area contributed by atoms with Crippen LogP contribution in [0.2, 0.25) is 0 Å². The van der Waals surface area contributed by atoms with Gasteiger partial charge in [0, 0.05) is 5.75 Å². The van der Waals surface area contributed by atoms with E-state index in [0.29, 0.717) is 5.56 Å². The highest BCUT2D eigenvalue weighted by atomic mass is 32.2. The van der Waals surface area contributed by atoms with Gasteiger partial charge in [-0.15, -0.1) is 0 Å². The molecule has 5 heteroatoms. The van der Waals surface area contributed by atoms with Gasteiger partial charge in [-0.1, -0.05) is 19.1 Å². The predicted octanol–water partition coefficient (Wildman–Crippen LogP) is 2.53. The lowest BCUT2D eigenvalue weighted by Gasteiger charge is -2.11. The minimum Gasteiger partial charge on any atom is -0.296 e. The van der Waals surface area contributed by atoms with Crippen molar-refractivity contribution in [3.63, 3.8) is 0 Å². The van der Waals surface area contributed by atoms with Gasteiger partial charge in [0.05, 0.1) is 5.69 Å². The van der Waals surface area contributed by atoms with Crippen LogP contribution in [-0.2, 0) is 9.92 Å². The minimum absolute atomic E-state index is 0.154. The molecular weight excluding hydrogens is 203 g/mol. The van der Waals surface area contributed by atoms with Crippen LogP contribution < -0.4 is 4.72 Å². The standard InChI is InChI=1S/C9H13FN2OS/c1-3-14(11,13)12-9-7(2)5-4-6-8(9)10/h4-6H,3H2,1-2H3,(H2,11,12,13). The lowest BCUT2D eigenvalue weighted by atomic mass is 10.2. The molecule has 0 saturated carbocycles. The van der Waals surface area contributed by atoms with Crippen molar-refractivity contribution >= 4 is 15.6 Å². The first-order valence-corrected chi connectivity index (χ1v) is 5.98. The smallest absolute Gasteiger partial charge is 0.147 e. The van der Waals surface area contributed by atoms with Crippen LogP contribution in [0.5, 0.6) is 0 Å². The van der Waals surface area contributed by atoms with Gasteiger partial charge in [-0.25, -0.2) is 13.4 Å². The van der Waals surface area contributed by atoms with E-state index in [1.807, 2.05) is 0 Å². The van der Waals surface area contributed by atoms with Crippen LogP contribution in [0.4, 0.5) is 10.1 Å². The number of hydrogen-bond acceptors (Lipinski definition) is 2. The summed E-state index contributed by atoms with van der Waals surface area (Å²) in [5.41, 5.74) is 0.813. The molecule has 14 heavy (non-hydrogen) atoms. The summed E-state index contributed by atoms with van der Waals surface area (Å²) in [5, 5.41) is 0. The normalized spacial score (nSPS) is 14.8. The fourth-order valence-electron chi connectivity index (χ4n) is 0.998. The molecule has 2 N–H and O–H groups in total. The van der Waals surface area contributed by atoms with E-state index in [9.17, 15) is 8.60 Å². The van der Waals surface area contributed by atoms with E-state index < -0.39 is 15.7 Å². The second-order valence-electron chi connectivity index (χ2n) is 3.00. The minimum atomic E-state index is -2.91. The van der Waals surface area contributed by atoms with Crippen LogP contribution in [0.3, 0.4) is 0 Å². The van der Waals surface area contributed by atoms with Crippen molar-refractivity contribution in [3.05, 3.63) is 29.6 Å². The zero-order valence-electron chi connectivity index (χ0n) is 8.13. The molecule has 0 fully saturated rings. The van der Waals surface area contributed by atoms with E-state index in [4.69, 9.17) is 4.78 Å². The molecule has 0 amide bonds. The Morgan fingerprint density at radius 1 is 1.57 bits per heavy atom. The Morgan fingerprint density at radius 2 is 2.21 bits per heavy atom. The fraction of sp³-hybridized carbons (Fsp3) is 0.333. The highest BCUT2D eigenvalue weighted by Crippen LogP contribution is 2.20. The number of nitrogens with one attached hydrogen (secondary N) is 2. The van der Waals surface area contributed by atoms with Crippen LogP contribution in [-0.4, -0.2) is 9.96 Å². The topological polar surface area (TPSA) is 53.0 Å². The molecule has 0 bridgehead atoms. The molecular formula is C9H13FN2OS.